The van der Waals surface area contributed by atoms with Crippen molar-refractivity contribution in [2.45, 2.75) is 110 Å². The number of nitrogens with one attached hydrogen (secondary N) is 2. The first-order valence-corrected chi connectivity index (χ1v) is 12.5. The molecule has 5 nitrogen and oxygen atoms in total. The van der Waals surface area contributed by atoms with Gasteiger partial charge in [-0.15, -0.1) is 0 Å². The highest BCUT2D eigenvalue weighted by Crippen LogP contribution is 2.57. The maximum Gasteiger partial charge on any atom is 0.223 e. The normalized spacial score (nSPS) is 30.9. The third kappa shape index (κ3) is 4.09. The van der Waals surface area contributed by atoms with E-state index in [9.17, 15) is 4.79 Å². The van der Waals surface area contributed by atoms with Crippen LogP contribution in [0.5, 0.6) is 0 Å². The first-order valence-electron chi connectivity index (χ1n) is 12.5. The van der Waals surface area contributed by atoms with Crippen LogP contribution in [0.2, 0.25) is 0 Å². The van der Waals surface area contributed by atoms with Gasteiger partial charge in [-0.2, -0.15) is 0 Å². The molecule has 0 aromatic carbocycles. The van der Waals surface area contributed by atoms with E-state index >= 15 is 0 Å². The van der Waals surface area contributed by atoms with Crippen molar-refractivity contribution in [2.75, 3.05) is 5.32 Å². The van der Waals surface area contributed by atoms with Crippen LogP contribution in [0, 0.1) is 29.1 Å². The number of carbonyl (C=O) groups is 1. The Hall–Kier alpha value is -1.65. The van der Waals surface area contributed by atoms with Crippen molar-refractivity contribution < 1.29 is 4.79 Å². The van der Waals surface area contributed by atoms with Gasteiger partial charge in [0.05, 0.1) is 0 Å². The molecule has 1 aromatic heterocycles. The van der Waals surface area contributed by atoms with Crippen LogP contribution in [0.3, 0.4) is 0 Å². The molecule has 1 aromatic rings. The van der Waals surface area contributed by atoms with Gasteiger partial charge in [-0.25, -0.2) is 9.97 Å². The van der Waals surface area contributed by atoms with Crippen LogP contribution in [-0.2, 0) is 4.79 Å². The number of nitrogens with zero attached hydrogens (tertiary/aromatic N) is 2. The number of hydrogen-bond acceptors (Lipinski definition) is 4. The number of carbonyl (C=O) groups excluding carboxylic acids is 1. The molecule has 2 unspecified atom stereocenters. The molecule has 4 aliphatic carbocycles. The molecule has 2 N–H and O–H groups in total. The van der Waals surface area contributed by atoms with Gasteiger partial charge in [-0.1, -0.05) is 34.1 Å². The zero-order chi connectivity index (χ0) is 22.0. The van der Waals surface area contributed by atoms with Crippen LogP contribution in [0.1, 0.15) is 103 Å². The van der Waals surface area contributed by atoms with Crippen LogP contribution in [0.25, 0.3) is 0 Å². The summed E-state index contributed by atoms with van der Waals surface area (Å²) in [6.07, 6.45) is 10.3. The molecule has 0 radical (unpaired) electrons. The zero-order valence-corrected chi connectivity index (χ0v) is 20.1. The summed E-state index contributed by atoms with van der Waals surface area (Å²) in [4.78, 5) is 22.8. The van der Waals surface area contributed by atoms with Crippen LogP contribution in [0.4, 0.5) is 5.82 Å². The Morgan fingerprint density at radius 1 is 1.03 bits per heavy atom. The minimum atomic E-state index is 0.147. The van der Waals surface area contributed by atoms with E-state index in [0.29, 0.717) is 23.9 Å². The standard InChI is InChI=1S/C26H40N4O/c1-16-11-21(30-22(27-16)17-7-8-17)28-19-12-20(26(19)9-6-10-26)29-23(31)18-13-24(2,3)15-25(4,5)14-18/h11,17-20H,6-10,12-15H2,1-5H3,(H,29,31)(H,27,28,30). The summed E-state index contributed by atoms with van der Waals surface area (Å²) in [6.45, 7) is 11.4. The average molecular weight is 425 g/mol. The van der Waals surface area contributed by atoms with E-state index in [-0.39, 0.29) is 22.2 Å². The van der Waals surface area contributed by atoms with Crippen LogP contribution in [-0.4, -0.2) is 28.0 Å². The van der Waals surface area contributed by atoms with Crippen molar-refractivity contribution in [1.29, 1.82) is 0 Å². The molecule has 31 heavy (non-hydrogen) atoms. The number of rotatable bonds is 5. The molecule has 4 saturated carbocycles. The van der Waals surface area contributed by atoms with Gasteiger partial charge >= 0.3 is 0 Å². The summed E-state index contributed by atoms with van der Waals surface area (Å²) in [5.41, 5.74) is 1.75. The Labute approximate surface area is 187 Å². The van der Waals surface area contributed by atoms with Crippen LogP contribution < -0.4 is 10.6 Å². The van der Waals surface area contributed by atoms with E-state index in [0.717, 1.165) is 36.6 Å². The minimum Gasteiger partial charge on any atom is -0.367 e. The number of amides is 1. The molecule has 2 atom stereocenters. The molecule has 4 fully saturated rings. The van der Waals surface area contributed by atoms with E-state index in [1.807, 2.05) is 0 Å². The molecule has 4 aliphatic rings. The van der Waals surface area contributed by atoms with Gasteiger partial charge < -0.3 is 10.6 Å². The molecule has 1 amide bonds. The molecule has 1 heterocycles. The number of anilines is 1. The van der Waals surface area contributed by atoms with Crippen molar-refractivity contribution in [1.82, 2.24) is 15.3 Å². The maximum absolute atomic E-state index is 13.3. The summed E-state index contributed by atoms with van der Waals surface area (Å²) < 4.78 is 0. The van der Waals surface area contributed by atoms with Gasteiger partial charge in [-0.3, -0.25) is 4.79 Å². The zero-order valence-electron chi connectivity index (χ0n) is 20.1. The second kappa shape index (κ2) is 7.18. The molecule has 5 rings (SSSR count). The molecule has 0 aliphatic heterocycles. The maximum atomic E-state index is 13.3. The van der Waals surface area contributed by atoms with Gasteiger partial charge in [0, 0.05) is 41.1 Å². The van der Waals surface area contributed by atoms with E-state index in [2.05, 4.69) is 56.3 Å². The summed E-state index contributed by atoms with van der Waals surface area (Å²) in [5.74, 6) is 3.00. The highest BCUT2D eigenvalue weighted by atomic mass is 16.2. The molecule has 1 spiro atoms. The third-order valence-electron chi connectivity index (χ3n) is 8.52. The van der Waals surface area contributed by atoms with Crippen molar-refractivity contribution in [3.05, 3.63) is 17.6 Å². The van der Waals surface area contributed by atoms with Crippen LogP contribution in [0.15, 0.2) is 6.07 Å². The lowest BCUT2D eigenvalue weighted by Crippen LogP contribution is -2.69. The smallest absolute Gasteiger partial charge is 0.223 e. The Morgan fingerprint density at radius 2 is 1.71 bits per heavy atom. The Kier molecular flexibility index (Phi) is 4.91. The molecule has 0 saturated heterocycles. The topological polar surface area (TPSA) is 66.9 Å². The van der Waals surface area contributed by atoms with Crippen molar-refractivity contribution in [3.63, 3.8) is 0 Å². The lowest BCUT2D eigenvalue weighted by atomic mass is 9.49. The van der Waals surface area contributed by atoms with E-state index in [4.69, 9.17) is 4.98 Å². The van der Waals surface area contributed by atoms with E-state index < -0.39 is 0 Å². The molecule has 170 valence electrons. The fourth-order valence-electron chi connectivity index (χ4n) is 7.16. The fraction of sp³-hybridized carbons (Fsp3) is 0.808. The quantitative estimate of drug-likeness (QED) is 0.668. The van der Waals surface area contributed by atoms with Crippen molar-refractivity contribution >= 4 is 11.7 Å². The number of hydrogen-bond donors (Lipinski definition) is 2. The predicted octanol–water partition coefficient (Wildman–Crippen LogP) is 5.35. The summed E-state index contributed by atoms with van der Waals surface area (Å²) >= 11 is 0. The van der Waals surface area contributed by atoms with E-state index in [1.165, 1.54) is 38.5 Å². The lowest BCUT2D eigenvalue weighted by molar-refractivity contribution is -0.135. The van der Waals surface area contributed by atoms with Gasteiger partial charge in [0.25, 0.3) is 0 Å². The molecule has 5 heteroatoms. The Bertz CT molecular complexity index is 852. The average Bonchev–Trinajstić information content (AvgIpc) is 3.40. The number of aromatic nitrogens is 2. The summed E-state index contributed by atoms with van der Waals surface area (Å²) in [7, 11) is 0. The second-order valence-electron chi connectivity index (χ2n) is 12.7. The molecular formula is C26H40N4O. The molecular weight excluding hydrogens is 384 g/mol. The highest BCUT2D eigenvalue weighted by Gasteiger charge is 2.59. The van der Waals surface area contributed by atoms with Gasteiger partial charge in [-0.05, 0) is 69.1 Å². The SMILES string of the molecule is Cc1cc(NC2CC(NC(=O)C3CC(C)(C)CC(C)(C)C3)C23CCC3)nc(C2CC2)n1. The predicted molar refractivity (Wildman–Crippen MR) is 124 cm³/mol. The highest BCUT2D eigenvalue weighted by molar-refractivity contribution is 5.79. The Morgan fingerprint density at radius 3 is 2.29 bits per heavy atom. The van der Waals surface area contributed by atoms with E-state index in [1.54, 1.807) is 0 Å². The molecule has 0 bridgehead atoms. The second-order valence-corrected chi connectivity index (χ2v) is 12.7. The number of aryl methyl sites for hydroxylation is 1. The van der Waals surface area contributed by atoms with Gasteiger partial charge in [0.15, 0.2) is 0 Å². The monoisotopic (exact) mass is 424 g/mol. The van der Waals surface area contributed by atoms with Gasteiger partial charge in [0.2, 0.25) is 5.91 Å². The van der Waals surface area contributed by atoms with Gasteiger partial charge in [0.1, 0.15) is 11.6 Å². The third-order valence-corrected chi connectivity index (χ3v) is 8.52. The van der Waals surface area contributed by atoms with Crippen molar-refractivity contribution in [2.24, 2.45) is 22.2 Å². The first-order chi connectivity index (χ1) is 14.6. The summed E-state index contributed by atoms with van der Waals surface area (Å²) in [5, 5.41) is 7.25. The first kappa shape index (κ1) is 21.2. The van der Waals surface area contributed by atoms with Crippen molar-refractivity contribution in [3.8, 4) is 0 Å². The minimum absolute atomic E-state index is 0.147. The van der Waals surface area contributed by atoms with Crippen LogP contribution >= 0.6 is 0 Å². The lowest BCUT2D eigenvalue weighted by Gasteiger charge is -2.62. The largest absolute Gasteiger partial charge is 0.367 e. The Balaban J connectivity index is 1.24. The fourth-order valence-corrected chi connectivity index (χ4v) is 7.16. The summed E-state index contributed by atoms with van der Waals surface area (Å²) in [6, 6.07) is 2.80.